The van der Waals surface area contributed by atoms with Crippen molar-refractivity contribution in [1.82, 2.24) is 0 Å². The van der Waals surface area contributed by atoms with Gasteiger partial charge in [-0.05, 0) is 174 Å². The van der Waals surface area contributed by atoms with Gasteiger partial charge in [-0.2, -0.15) is 0 Å². The maximum Gasteiger partial charge on any atom is 0.338 e. The minimum atomic E-state index is -0.318. The molecule has 1 aromatic rings. The summed E-state index contributed by atoms with van der Waals surface area (Å²) < 4.78 is 34.9. The number of hydrogen-bond acceptors (Lipinski definition) is 8. The van der Waals surface area contributed by atoms with Gasteiger partial charge in [0.15, 0.2) is 0 Å². The summed E-state index contributed by atoms with van der Waals surface area (Å²) in [6.07, 6.45) is 22.4. The van der Waals surface area contributed by atoms with E-state index in [-0.39, 0.29) is 24.1 Å². The highest BCUT2D eigenvalue weighted by molar-refractivity contribution is 5.93. The Morgan fingerprint density at radius 1 is 0.444 bits per heavy atom. The van der Waals surface area contributed by atoms with E-state index >= 15 is 0 Å². The molecule has 0 saturated heterocycles. The molecule has 8 nitrogen and oxygen atoms in total. The second-order valence-corrected chi connectivity index (χ2v) is 16.4. The van der Waals surface area contributed by atoms with Gasteiger partial charge in [-0.3, -0.25) is 0 Å². The Morgan fingerprint density at radius 3 is 0.870 bits per heavy atom. The van der Waals surface area contributed by atoms with Crippen LogP contribution in [-0.4, -0.2) is 50.6 Å². The first-order valence-electron chi connectivity index (χ1n) is 20.8. The molecule has 4 aliphatic rings. The van der Waals surface area contributed by atoms with Gasteiger partial charge >= 0.3 is 11.9 Å². The first-order chi connectivity index (χ1) is 26.4. The third kappa shape index (κ3) is 12.2. The van der Waals surface area contributed by atoms with Crippen LogP contribution in [0.3, 0.4) is 0 Å². The van der Waals surface area contributed by atoms with Gasteiger partial charge in [-0.25, -0.2) is 9.59 Å². The molecule has 8 heteroatoms. The fourth-order valence-corrected chi connectivity index (χ4v) is 9.83. The molecular weight excluding hydrogens is 680 g/mol. The lowest BCUT2D eigenvalue weighted by Crippen LogP contribution is -2.39. The van der Waals surface area contributed by atoms with Crippen LogP contribution in [0.2, 0.25) is 0 Å². The topological polar surface area (TPSA) is 89.5 Å². The number of benzene rings is 1. The molecule has 0 N–H and O–H groups in total. The third-order valence-electron chi connectivity index (χ3n) is 13.1. The number of carbonyl (C=O) groups excluding carboxylic acids is 2. The van der Waals surface area contributed by atoms with Crippen molar-refractivity contribution in [3.8, 4) is 0 Å². The molecular formula is C46H66O8. The Hall–Kier alpha value is -3.68. The Kier molecular flexibility index (Phi) is 16.9. The molecule has 54 heavy (non-hydrogen) atoms. The van der Waals surface area contributed by atoms with Crippen molar-refractivity contribution in [2.75, 3.05) is 26.4 Å². The fraction of sp³-hybridized carbons (Fsp3) is 0.652. The van der Waals surface area contributed by atoms with Gasteiger partial charge in [0.1, 0.15) is 12.2 Å². The zero-order chi connectivity index (χ0) is 38.1. The molecule has 0 spiro atoms. The Bertz CT molecular complexity index is 1140. The highest BCUT2D eigenvalue weighted by Crippen LogP contribution is 2.42. The highest BCUT2D eigenvalue weighted by atomic mass is 16.5. The van der Waals surface area contributed by atoms with E-state index in [1.807, 2.05) is 0 Å². The SMILES string of the molecule is C=COCC1CCC(C(OC(=O)c2ccc(C(=O)OC(C3CCC(COC=C)CC3)C3CCC(COC=C)CC3)cc2)C2CCC(COC=C)CC2)CC1. The number of ether oxygens (including phenoxy) is 6. The van der Waals surface area contributed by atoms with Crippen molar-refractivity contribution in [2.45, 2.75) is 115 Å². The monoisotopic (exact) mass is 746 g/mol. The van der Waals surface area contributed by atoms with Crippen LogP contribution in [-0.2, 0) is 28.4 Å². The van der Waals surface area contributed by atoms with E-state index in [4.69, 9.17) is 28.4 Å². The molecule has 0 radical (unpaired) electrons. The summed E-state index contributed by atoms with van der Waals surface area (Å²) in [5.41, 5.74) is 0.934. The van der Waals surface area contributed by atoms with Crippen LogP contribution < -0.4 is 0 Å². The van der Waals surface area contributed by atoms with Crippen molar-refractivity contribution in [1.29, 1.82) is 0 Å². The van der Waals surface area contributed by atoms with Gasteiger partial charge in [0.2, 0.25) is 0 Å². The lowest BCUT2D eigenvalue weighted by Gasteiger charge is -2.40. The minimum Gasteiger partial charge on any atom is -0.502 e. The summed E-state index contributed by atoms with van der Waals surface area (Å²) in [7, 11) is 0. The average Bonchev–Trinajstić information content (AvgIpc) is 3.22. The zero-order valence-corrected chi connectivity index (χ0v) is 32.6. The predicted octanol–water partition coefficient (Wildman–Crippen LogP) is 10.6. The second kappa shape index (κ2) is 22.0. The van der Waals surface area contributed by atoms with Crippen LogP contribution in [0.15, 0.2) is 75.6 Å². The van der Waals surface area contributed by atoms with Gasteiger partial charge in [-0.15, -0.1) is 0 Å². The van der Waals surface area contributed by atoms with Gasteiger partial charge in [0.25, 0.3) is 0 Å². The molecule has 4 saturated carbocycles. The molecule has 5 rings (SSSR count). The van der Waals surface area contributed by atoms with Crippen LogP contribution in [0.5, 0.6) is 0 Å². The Morgan fingerprint density at radius 2 is 0.667 bits per heavy atom. The molecule has 0 aromatic heterocycles. The number of hydrogen-bond donors (Lipinski definition) is 0. The first-order valence-corrected chi connectivity index (χ1v) is 20.8. The van der Waals surface area contributed by atoms with E-state index in [2.05, 4.69) is 26.3 Å². The van der Waals surface area contributed by atoms with Crippen molar-refractivity contribution in [3.63, 3.8) is 0 Å². The van der Waals surface area contributed by atoms with Crippen LogP contribution in [0.4, 0.5) is 0 Å². The van der Waals surface area contributed by atoms with Crippen molar-refractivity contribution < 1.29 is 38.0 Å². The number of esters is 2. The second-order valence-electron chi connectivity index (χ2n) is 16.4. The smallest absolute Gasteiger partial charge is 0.338 e. The van der Waals surface area contributed by atoms with Gasteiger partial charge in [-0.1, -0.05) is 26.3 Å². The highest BCUT2D eigenvalue weighted by Gasteiger charge is 2.39. The van der Waals surface area contributed by atoms with Crippen LogP contribution >= 0.6 is 0 Å². The van der Waals surface area contributed by atoms with Crippen LogP contribution in [0.1, 0.15) is 123 Å². The zero-order valence-electron chi connectivity index (χ0n) is 32.6. The summed E-state index contributed by atoms with van der Waals surface area (Å²) >= 11 is 0. The third-order valence-corrected chi connectivity index (χ3v) is 13.1. The van der Waals surface area contributed by atoms with E-state index in [0.717, 1.165) is 103 Å². The van der Waals surface area contributed by atoms with Gasteiger partial charge in [0.05, 0.1) is 62.6 Å². The Labute approximate surface area is 324 Å². The van der Waals surface area contributed by atoms with Crippen molar-refractivity contribution >= 4 is 11.9 Å². The molecule has 298 valence electrons. The largest absolute Gasteiger partial charge is 0.502 e. The molecule has 4 aliphatic carbocycles. The lowest BCUT2D eigenvalue weighted by atomic mass is 9.71. The van der Waals surface area contributed by atoms with Crippen LogP contribution in [0.25, 0.3) is 0 Å². The molecule has 0 atom stereocenters. The number of carbonyl (C=O) groups is 2. The van der Waals surface area contributed by atoms with Crippen molar-refractivity contribution in [2.24, 2.45) is 47.3 Å². The minimum absolute atomic E-state index is 0.137. The molecule has 0 unspecified atom stereocenters. The number of rotatable bonds is 20. The fourth-order valence-electron chi connectivity index (χ4n) is 9.83. The maximum absolute atomic E-state index is 13.8. The van der Waals surface area contributed by atoms with E-state index < -0.39 is 0 Å². The molecule has 4 fully saturated rings. The summed E-state index contributed by atoms with van der Waals surface area (Å²) in [4.78, 5) is 27.6. The van der Waals surface area contributed by atoms with E-state index in [0.29, 0.717) is 84.9 Å². The molecule has 1 aromatic carbocycles. The molecule has 0 heterocycles. The van der Waals surface area contributed by atoms with E-state index in [1.54, 1.807) is 24.3 Å². The van der Waals surface area contributed by atoms with Crippen molar-refractivity contribution in [3.05, 3.63) is 86.8 Å². The Balaban J connectivity index is 1.22. The summed E-state index contributed by atoms with van der Waals surface area (Å²) in [5, 5.41) is 0. The predicted molar refractivity (Wildman–Crippen MR) is 211 cm³/mol. The summed E-state index contributed by atoms with van der Waals surface area (Å²) in [6, 6.07) is 6.92. The van der Waals surface area contributed by atoms with E-state index in [9.17, 15) is 9.59 Å². The first kappa shape index (κ1) is 41.5. The normalized spacial score (nSPS) is 29.6. The lowest BCUT2D eigenvalue weighted by molar-refractivity contribution is -0.0338. The summed E-state index contributed by atoms with van der Waals surface area (Å²) in [5.74, 6) is 2.67. The molecule has 0 bridgehead atoms. The van der Waals surface area contributed by atoms with Crippen LogP contribution in [0, 0.1) is 47.3 Å². The quantitative estimate of drug-likeness (QED) is 0.0962. The van der Waals surface area contributed by atoms with E-state index in [1.165, 1.54) is 25.0 Å². The maximum atomic E-state index is 13.8. The van der Waals surface area contributed by atoms with Gasteiger partial charge < -0.3 is 28.4 Å². The average molecular weight is 747 g/mol. The standard InChI is InChI=1S/C46H66O8/c1-5-49-29-33-9-17-37(18-10-33)43(38-19-11-34(12-20-38)30-50-6-2)53-45(47)41-25-27-42(28-26-41)46(48)54-44(39-21-13-35(14-22-39)31-51-7-3)40-23-15-36(16-24-40)32-52-8-4/h5-8,25-28,33-40,43-44H,1-4,9-24,29-32H2. The molecule has 0 aliphatic heterocycles. The van der Waals surface area contributed by atoms with Gasteiger partial charge in [0, 0.05) is 0 Å². The summed E-state index contributed by atoms with van der Waals surface area (Å²) in [6.45, 7) is 17.6. The molecule has 0 amide bonds.